The van der Waals surface area contributed by atoms with E-state index in [4.69, 9.17) is 11.6 Å². The van der Waals surface area contributed by atoms with E-state index < -0.39 is 0 Å². The molecule has 0 aliphatic carbocycles. The van der Waals surface area contributed by atoms with E-state index in [1.165, 1.54) is 4.88 Å². The largest absolute Gasteiger partial charge is 0.356 e. The second kappa shape index (κ2) is 11.5. The van der Waals surface area contributed by atoms with E-state index in [1.807, 2.05) is 43.4 Å². The Morgan fingerprint density at radius 3 is 2.56 bits per heavy atom. The van der Waals surface area contributed by atoms with Gasteiger partial charge in [-0.1, -0.05) is 23.7 Å². The minimum atomic E-state index is 0. The number of amides is 1. The Hall–Kier alpha value is -1.32. The molecule has 1 amide bonds. The zero-order valence-electron chi connectivity index (χ0n) is 16.0. The zero-order valence-corrected chi connectivity index (χ0v) is 19.9. The molecule has 8 heteroatoms. The topological polar surface area (TPSA) is 47.9 Å². The average Bonchev–Trinajstić information content (AvgIpc) is 3.02. The minimum absolute atomic E-state index is 0. The van der Waals surface area contributed by atoms with Gasteiger partial charge in [-0.2, -0.15) is 0 Å². The first-order chi connectivity index (χ1) is 12.4. The van der Waals surface area contributed by atoms with Crippen molar-refractivity contribution in [2.45, 2.75) is 13.0 Å². The number of rotatable bonds is 6. The van der Waals surface area contributed by atoms with Gasteiger partial charge in [0.25, 0.3) is 5.91 Å². The number of nitrogens with one attached hydrogen (secondary N) is 1. The Labute approximate surface area is 187 Å². The molecule has 2 rings (SSSR count). The molecule has 0 aliphatic heterocycles. The highest BCUT2D eigenvalue weighted by Gasteiger charge is 2.10. The van der Waals surface area contributed by atoms with Gasteiger partial charge in [-0.25, -0.2) is 0 Å². The Morgan fingerprint density at radius 1 is 1.22 bits per heavy atom. The normalized spacial score (nSPS) is 10.9. The van der Waals surface area contributed by atoms with Gasteiger partial charge >= 0.3 is 0 Å². The molecule has 1 aromatic carbocycles. The van der Waals surface area contributed by atoms with E-state index in [0.29, 0.717) is 5.56 Å². The van der Waals surface area contributed by atoms with Crippen LogP contribution in [0.1, 0.15) is 20.8 Å². The minimum Gasteiger partial charge on any atom is -0.356 e. The molecule has 0 saturated heterocycles. The summed E-state index contributed by atoms with van der Waals surface area (Å²) in [7, 11) is 7.30. The quantitative estimate of drug-likeness (QED) is 0.356. The van der Waals surface area contributed by atoms with E-state index in [2.05, 4.69) is 15.2 Å². The number of carbonyl (C=O) groups excluding carboxylic acids is 1. The number of thiophene rings is 1. The van der Waals surface area contributed by atoms with Crippen molar-refractivity contribution in [2.75, 3.05) is 34.7 Å². The first-order valence-electron chi connectivity index (χ1n) is 8.37. The monoisotopic (exact) mass is 520 g/mol. The summed E-state index contributed by atoms with van der Waals surface area (Å²) >= 11 is 7.57. The summed E-state index contributed by atoms with van der Waals surface area (Å²) in [6.07, 6.45) is 0.812. The van der Waals surface area contributed by atoms with Crippen LogP contribution in [0, 0.1) is 0 Å². The van der Waals surface area contributed by atoms with Crippen LogP contribution in [0.4, 0.5) is 0 Å². The lowest BCUT2D eigenvalue weighted by Crippen LogP contribution is -2.39. The number of hydrogen-bond acceptors (Lipinski definition) is 3. The van der Waals surface area contributed by atoms with E-state index in [1.54, 1.807) is 37.4 Å². The van der Waals surface area contributed by atoms with E-state index >= 15 is 0 Å². The molecule has 0 aliphatic rings. The third kappa shape index (κ3) is 7.31. The molecule has 148 valence electrons. The standard InChI is InChI=1S/C19H25ClN4OS.HI/c1-21-19(24(4)13-16-8-9-17(20)26-16)22-11-10-14-6-5-7-15(12-14)18(25)23(2)3;/h5-9,12H,10-11,13H2,1-4H3,(H,21,22);1H. The maximum atomic E-state index is 12.1. The molecule has 0 bridgehead atoms. The lowest BCUT2D eigenvalue weighted by atomic mass is 10.1. The van der Waals surface area contributed by atoms with E-state index in [-0.39, 0.29) is 29.9 Å². The predicted molar refractivity (Wildman–Crippen MR) is 126 cm³/mol. The van der Waals surface area contributed by atoms with E-state index in [0.717, 1.165) is 35.4 Å². The van der Waals surface area contributed by atoms with Gasteiger partial charge in [-0.3, -0.25) is 9.79 Å². The number of carbonyl (C=O) groups is 1. The van der Waals surface area contributed by atoms with Crippen LogP contribution in [0.25, 0.3) is 0 Å². The van der Waals surface area contributed by atoms with Gasteiger partial charge in [0.1, 0.15) is 0 Å². The fraction of sp³-hybridized carbons (Fsp3) is 0.368. The van der Waals surface area contributed by atoms with Gasteiger partial charge in [0.15, 0.2) is 5.96 Å². The highest BCUT2D eigenvalue weighted by Crippen LogP contribution is 2.22. The number of aliphatic imine (C=N–C) groups is 1. The molecule has 1 heterocycles. The molecule has 27 heavy (non-hydrogen) atoms. The Balaban J connectivity index is 0.00000364. The summed E-state index contributed by atoms with van der Waals surface area (Å²) in [6.45, 7) is 1.49. The van der Waals surface area contributed by atoms with Crippen molar-refractivity contribution in [3.05, 3.63) is 56.7 Å². The molecule has 1 aromatic heterocycles. The van der Waals surface area contributed by atoms with Crippen LogP contribution in [-0.2, 0) is 13.0 Å². The molecule has 0 radical (unpaired) electrons. The summed E-state index contributed by atoms with van der Waals surface area (Å²) < 4.78 is 0.795. The molecule has 0 atom stereocenters. The molecule has 0 spiro atoms. The molecule has 2 aromatic rings. The second-order valence-corrected chi connectivity index (χ2v) is 7.99. The first kappa shape index (κ1) is 23.7. The highest BCUT2D eigenvalue weighted by atomic mass is 127. The molecular weight excluding hydrogens is 495 g/mol. The lowest BCUT2D eigenvalue weighted by Gasteiger charge is -2.21. The number of halogens is 2. The summed E-state index contributed by atoms with van der Waals surface area (Å²) in [4.78, 5) is 21.2. The van der Waals surface area contributed by atoms with Crippen molar-refractivity contribution < 1.29 is 4.79 Å². The Kier molecular flexibility index (Phi) is 10.1. The summed E-state index contributed by atoms with van der Waals surface area (Å²) in [5.41, 5.74) is 1.83. The van der Waals surface area contributed by atoms with Crippen molar-refractivity contribution in [3.63, 3.8) is 0 Å². The van der Waals surface area contributed by atoms with Crippen molar-refractivity contribution in [3.8, 4) is 0 Å². The van der Waals surface area contributed by atoms with Crippen LogP contribution >= 0.6 is 46.9 Å². The fourth-order valence-electron chi connectivity index (χ4n) is 2.57. The SMILES string of the molecule is CN=C(NCCc1cccc(C(=O)N(C)C)c1)N(C)Cc1ccc(Cl)s1.I. The van der Waals surface area contributed by atoms with Gasteiger partial charge in [-0.05, 0) is 36.2 Å². The molecule has 1 N–H and O–H groups in total. The third-order valence-corrected chi connectivity index (χ3v) is 5.09. The summed E-state index contributed by atoms with van der Waals surface area (Å²) in [6, 6.07) is 11.7. The number of benzene rings is 1. The van der Waals surface area contributed by atoms with Gasteiger partial charge in [-0.15, -0.1) is 35.3 Å². The number of guanidine groups is 1. The maximum Gasteiger partial charge on any atom is 0.253 e. The first-order valence-corrected chi connectivity index (χ1v) is 9.56. The average molecular weight is 521 g/mol. The van der Waals surface area contributed by atoms with Crippen LogP contribution in [0.5, 0.6) is 0 Å². The van der Waals surface area contributed by atoms with Crippen LogP contribution in [0.15, 0.2) is 41.4 Å². The molecule has 0 unspecified atom stereocenters. The third-order valence-electron chi connectivity index (χ3n) is 3.87. The fourth-order valence-corrected chi connectivity index (χ4v) is 3.71. The summed E-state index contributed by atoms with van der Waals surface area (Å²) in [5, 5.41) is 3.37. The van der Waals surface area contributed by atoms with Gasteiger partial charge in [0, 0.05) is 45.2 Å². The van der Waals surface area contributed by atoms with Crippen LogP contribution in [0.2, 0.25) is 4.34 Å². The van der Waals surface area contributed by atoms with E-state index in [9.17, 15) is 4.79 Å². The molecule has 0 fully saturated rings. The Bertz CT molecular complexity index is 779. The zero-order chi connectivity index (χ0) is 19.1. The lowest BCUT2D eigenvalue weighted by molar-refractivity contribution is 0.0827. The van der Waals surface area contributed by atoms with Crippen molar-refractivity contribution in [1.82, 2.24) is 15.1 Å². The van der Waals surface area contributed by atoms with Crippen molar-refractivity contribution >= 4 is 58.8 Å². The maximum absolute atomic E-state index is 12.1. The second-order valence-electron chi connectivity index (χ2n) is 6.19. The molecular formula is C19H26ClIN4OS. The van der Waals surface area contributed by atoms with Gasteiger partial charge in [0.2, 0.25) is 0 Å². The van der Waals surface area contributed by atoms with Crippen LogP contribution < -0.4 is 5.32 Å². The molecule has 0 saturated carbocycles. The van der Waals surface area contributed by atoms with Crippen LogP contribution in [0.3, 0.4) is 0 Å². The number of nitrogens with zero attached hydrogens (tertiary/aromatic N) is 3. The summed E-state index contributed by atoms with van der Waals surface area (Å²) in [5.74, 6) is 0.847. The van der Waals surface area contributed by atoms with Crippen LogP contribution in [-0.4, -0.2) is 56.4 Å². The van der Waals surface area contributed by atoms with Crippen molar-refractivity contribution in [1.29, 1.82) is 0 Å². The molecule has 5 nitrogen and oxygen atoms in total. The highest BCUT2D eigenvalue weighted by molar-refractivity contribution is 14.0. The Morgan fingerprint density at radius 2 is 1.96 bits per heavy atom. The number of hydrogen-bond donors (Lipinski definition) is 1. The van der Waals surface area contributed by atoms with Gasteiger partial charge < -0.3 is 15.1 Å². The van der Waals surface area contributed by atoms with Gasteiger partial charge in [0.05, 0.1) is 10.9 Å². The predicted octanol–water partition coefficient (Wildman–Crippen LogP) is 3.97. The smallest absolute Gasteiger partial charge is 0.253 e. The van der Waals surface area contributed by atoms with Crippen molar-refractivity contribution in [2.24, 2.45) is 4.99 Å².